The Kier molecular flexibility index (Phi) is 3.94. The quantitative estimate of drug-likeness (QED) is 0.730. The molecule has 0 saturated carbocycles. The number of nitrogens with zero attached hydrogens (tertiary/aromatic N) is 3. The van der Waals surface area contributed by atoms with E-state index >= 15 is 0 Å². The Morgan fingerprint density at radius 2 is 2.05 bits per heavy atom. The molecule has 8 nitrogen and oxygen atoms in total. The first kappa shape index (κ1) is 13.5. The molecule has 0 unspecified atom stereocenters. The van der Waals surface area contributed by atoms with E-state index in [1.54, 1.807) is 12.1 Å². The lowest BCUT2D eigenvalue weighted by atomic mass is 10.3. The molecule has 8 heteroatoms. The Morgan fingerprint density at radius 1 is 1.35 bits per heavy atom. The lowest BCUT2D eigenvalue weighted by Crippen LogP contribution is -2.35. The Balaban J connectivity index is 1.92. The van der Waals surface area contributed by atoms with Crippen molar-refractivity contribution in [2.75, 3.05) is 24.6 Å². The van der Waals surface area contributed by atoms with Gasteiger partial charge >= 0.3 is 0 Å². The van der Waals surface area contributed by atoms with Gasteiger partial charge in [0.25, 0.3) is 5.91 Å². The molecule has 4 N–H and O–H groups in total. The molecular formula is C12H14N6O2. The van der Waals surface area contributed by atoms with Crippen LogP contribution in [0.5, 0.6) is 0 Å². The van der Waals surface area contributed by atoms with Crippen LogP contribution in [0.25, 0.3) is 0 Å². The van der Waals surface area contributed by atoms with Gasteiger partial charge in [-0.15, -0.1) is 5.10 Å². The molecule has 2 aromatic rings. The third kappa shape index (κ3) is 3.31. The third-order valence-corrected chi connectivity index (χ3v) is 2.49. The summed E-state index contributed by atoms with van der Waals surface area (Å²) in [7, 11) is 1.49. The molecule has 1 aromatic heterocycles. The van der Waals surface area contributed by atoms with Crippen LogP contribution in [-0.4, -0.2) is 45.5 Å². The highest BCUT2D eigenvalue weighted by molar-refractivity contribution is 5.97. The fourth-order valence-corrected chi connectivity index (χ4v) is 1.56. The number of nitrogens with one attached hydrogen (secondary N) is 2. The summed E-state index contributed by atoms with van der Waals surface area (Å²) < 4.78 is 0. The second-order valence-corrected chi connectivity index (χ2v) is 4.12. The predicted molar refractivity (Wildman–Crippen MR) is 72.8 cm³/mol. The van der Waals surface area contributed by atoms with E-state index in [0.29, 0.717) is 5.69 Å². The van der Waals surface area contributed by atoms with Gasteiger partial charge < -0.3 is 16.0 Å². The van der Waals surface area contributed by atoms with E-state index in [1.807, 2.05) is 18.2 Å². The Hall–Kier alpha value is -2.90. The van der Waals surface area contributed by atoms with Gasteiger partial charge in [0.05, 0.1) is 6.54 Å². The zero-order chi connectivity index (χ0) is 14.5. The summed E-state index contributed by atoms with van der Waals surface area (Å²) in [6.45, 7) is -0.103. The molecule has 0 fully saturated rings. The SMILES string of the molecule is CN(CC(=O)Nc1ccccc1)C(=O)c1nc(N)n[nH]1. The summed E-state index contributed by atoms with van der Waals surface area (Å²) in [6.07, 6.45) is 0. The predicted octanol–water partition coefficient (Wildman–Crippen LogP) is 0.0976. The minimum Gasteiger partial charge on any atom is -0.366 e. The monoisotopic (exact) mass is 274 g/mol. The topological polar surface area (TPSA) is 117 Å². The average molecular weight is 274 g/mol. The number of rotatable bonds is 4. The zero-order valence-corrected chi connectivity index (χ0v) is 10.8. The maximum absolute atomic E-state index is 11.9. The zero-order valence-electron chi connectivity index (χ0n) is 10.8. The lowest BCUT2D eigenvalue weighted by molar-refractivity contribution is -0.116. The molecule has 0 radical (unpaired) electrons. The number of carbonyl (C=O) groups is 2. The number of hydrogen-bond acceptors (Lipinski definition) is 5. The fourth-order valence-electron chi connectivity index (χ4n) is 1.56. The minimum absolute atomic E-state index is 0.00230. The molecule has 104 valence electrons. The van der Waals surface area contributed by atoms with Crippen molar-refractivity contribution in [1.82, 2.24) is 20.1 Å². The van der Waals surface area contributed by atoms with Gasteiger partial charge in [-0.1, -0.05) is 18.2 Å². The Bertz CT molecular complexity index is 609. The number of nitrogens with two attached hydrogens (primary N) is 1. The number of likely N-dealkylation sites (N-methyl/N-ethyl adjacent to an activating group) is 1. The molecule has 0 aliphatic carbocycles. The normalized spacial score (nSPS) is 10.1. The smallest absolute Gasteiger partial charge is 0.291 e. The van der Waals surface area contributed by atoms with Gasteiger partial charge in [0.2, 0.25) is 17.7 Å². The van der Waals surface area contributed by atoms with E-state index in [4.69, 9.17) is 5.73 Å². The summed E-state index contributed by atoms with van der Waals surface area (Å²) in [5.41, 5.74) is 5.99. The summed E-state index contributed by atoms with van der Waals surface area (Å²) in [6, 6.07) is 8.98. The molecule has 20 heavy (non-hydrogen) atoms. The van der Waals surface area contributed by atoms with Crippen LogP contribution in [0, 0.1) is 0 Å². The van der Waals surface area contributed by atoms with Crippen molar-refractivity contribution in [3.05, 3.63) is 36.2 Å². The molecule has 0 aliphatic heterocycles. The molecule has 2 rings (SSSR count). The summed E-state index contributed by atoms with van der Waals surface area (Å²) >= 11 is 0. The first-order valence-electron chi connectivity index (χ1n) is 5.84. The number of nitrogen functional groups attached to an aromatic ring is 1. The molecule has 0 bridgehead atoms. The van der Waals surface area contributed by atoms with Gasteiger partial charge in [0.15, 0.2) is 0 Å². The van der Waals surface area contributed by atoms with Crippen LogP contribution in [0.4, 0.5) is 11.6 Å². The van der Waals surface area contributed by atoms with E-state index in [9.17, 15) is 9.59 Å². The Morgan fingerprint density at radius 3 is 2.65 bits per heavy atom. The number of anilines is 2. The van der Waals surface area contributed by atoms with Gasteiger partial charge in [0, 0.05) is 12.7 Å². The van der Waals surface area contributed by atoms with Crippen molar-refractivity contribution in [1.29, 1.82) is 0 Å². The number of hydrogen-bond donors (Lipinski definition) is 3. The van der Waals surface area contributed by atoms with Crippen LogP contribution in [0.2, 0.25) is 0 Å². The fraction of sp³-hybridized carbons (Fsp3) is 0.167. The first-order chi connectivity index (χ1) is 9.56. The first-order valence-corrected chi connectivity index (χ1v) is 5.84. The maximum atomic E-state index is 11.9. The van der Waals surface area contributed by atoms with Gasteiger partial charge in [-0.3, -0.25) is 14.7 Å². The van der Waals surface area contributed by atoms with E-state index in [1.165, 1.54) is 11.9 Å². The Labute approximate surface area is 115 Å². The molecule has 1 aromatic carbocycles. The molecule has 1 heterocycles. The van der Waals surface area contributed by atoms with Gasteiger partial charge in [-0.05, 0) is 12.1 Å². The largest absolute Gasteiger partial charge is 0.366 e. The minimum atomic E-state index is -0.461. The van der Waals surface area contributed by atoms with Crippen molar-refractivity contribution in [2.24, 2.45) is 0 Å². The standard InChI is InChI=1S/C12H14N6O2/c1-18(11(20)10-15-12(13)17-16-10)7-9(19)14-8-5-3-2-4-6-8/h2-6H,7H2,1H3,(H,14,19)(H3,13,15,16,17). The van der Waals surface area contributed by atoms with Gasteiger partial charge in [0.1, 0.15) is 0 Å². The van der Waals surface area contributed by atoms with Crippen LogP contribution >= 0.6 is 0 Å². The van der Waals surface area contributed by atoms with Crippen molar-refractivity contribution >= 4 is 23.5 Å². The molecule has 0 saturated heterocycles. The maximum Gasteiger partial charge on any atom is 0.291 e. The number of aromatic nitrogens is 3. The van der Waals surface area contributed by atoms with E-state index < -0.39 is 5.91 Å². The summed E-state index contributed by atoms with van der Waals surface area (Å²) in [5, 5.41) is 8.64. The van der Waals surface area contributed by atoms with Crippen molar-refractivity contribution in [3.8, 4) is 0 Å². The van der Waals surface area contributed by atoms with Gasteiger partial charge in [-0.25, -0.2) is 0 Å². The number of carbonyl (C=O) groups excluding carboxylic acids is 2. The summed E-state index contributed by atoms with van der Waals surface area (Å²) in [5.74, 6) is -0.787. The molecule has 0 aliphatic rings. The molecule has 0 atom stereocenters. The number of H-pyrrole nitrogens is 1. The van der Waals surface area contributed by atoms with E-state index in [-0.39, 0.29) is 24.2 Å². The molecular weight excluding hydrogens is 260 g/mol. The molecule has 0 spiro atoms. The summed E-state index contributed by atoms with van der Waals surface area (Å²) in [4.78, 5) is 28.6. The van der Waals surface area contributed by atoms with Crippen LogP contribution in [-0.2, 0) is 4.79 Å². The second-order valence-electron chi connectivity index (χ2n) is 4.12. The van der Waals surface area contributed by atoms with E-state index in [0.717, 1.165) is 0 Å². The number of para-hydroxylation sites is 1. The number of amides is 2. The van der Waals surface area contributed by atoms with Crippen molar-refractivity contribution < 1.29 is 9.59 Å². The second kappa shape index (κ2) is 5.83. The van der Waals surface area contributed by atoms with Gasteiger partial charge in [-0.2, -0.15) is 4.98 Å². The van der Waals surface area contributed by atoms with Crippen LogP contribution in [0.1, 0.15) is 10.6 Å². The average Bonchev–Trinajstić information content (AvgIpc) is 2.85. The van der Waals surface area contributed by atoms with E-state index in [2.05, 4.69) is 20.5 Å². The number of benzene rings is 1. The van der Waals surface area contributed by atoms with Crippen molar-refractivity contribution in [3.63, 3.8) is 0 Å². The third-order valence-electron chi connectivity index (χ3n) is 2.49. The highest BCUT2D eigenvalue weighted by Gasteiger charge is 2.18. The van der Waals surface area contributed by atoms with Crippen LogP contribution in [0.15, 0.2) is 30.3 Å². The lowest BCUT2D eigenvalue weighted by Gasteiger charge is -2.15. The van der Waals surface area contributed by atoms with Crippen molar-refractivity contribution in [2.45, 2.75) is 0 Å². The molecule has 2 amide bonds. The van der Waals surface area contributed by atoms with Crippen LogP contribution < -0.4 is 11.1 Å². The number of aromatic amines is 1. The van der Waals surface area contributed by atoms with Crippen LogP contribution in [0.3, 0.4) is 0 Å². The highest BCUT2D eigenvalue weighted by Crippen LogP contribution is 2.05. The highest BCUT2D eigenvalue weighted by atomic mass is 16.2.